The van der Waals surface area contributed by atoms with Crippen molar-refractivity contribution in [2.45, 2.75) is 19.3 Å². The smallest absolute Gasteiger partial charge is 0.303 e. The third kappa shape index (κ3) is 6.24. The molecule has 0 atom stereocenters. The highest BCUT2D eigenvalue weighted by atomic mass is 16.6. The number of nitro groups is 1. The Kier molecular flexibility index (Phi) is 7.09. The van der Waals surface area contributed by atoms with Crippen molar-refractivity contribution in [3.8, 4) is 5.75 Å². The van der Waals surface area contributed by atoms with Crippen molar-refractivity contribution < 1.29 is 29.2 Å². The minimum Gasteiger partial charge on any atom is -0.493 e. The first-order valence-electron chi connectivity index (χ1n) is 8.51. The summed E-state index contributed by atoms with van der Waals surface area (Å²) in [5.74, 6) is -0.881. The molecule has 1 aromatic rings. The Morgan fingerprint density at radius 2 is 1.48 bits per heavy atom. The number of hydrogen-bond donors (Lipinski definition) is 1. The highest BCUT2D eigenvalue weighted by Gasteiger charge is 2.24. The second-order valence-electron chi connectivity index (χ2n) is 6.00. The van der Waals surface area contributed by atoms with Crippen molar-refractivity contribution >= 4 is 23.5 Å². The zero-order chi connectivity index (χ0) is 19.8. The number of ether oxygens (including phenoxy) is 1. The summed E-state index contributed by atoms with van der Waals surface area (Å²) < 4.78 is 5.43. The molecule has 0 radical (unpaired) electrons. The molecule has 0 bridgehead atoms. The van der Waals surface area contributed by atoms with E-state index in [2.05, 4.69) is 0 Å². The monoisotopic (exact) mass is 379 g/mol. The zero-order valence-electron chi connectivity index (χ0n) is 14.7. The maximum Gasteiger partial charge on any atom is 0.303 e. The van der Waals surface area contributed by atoms with Crippen LogP contribution in [0.2, 0.25) is 0 Å². The molecule has 146 valence electrons. The van der Waals surface area contributed by atoms with Gasteiger partial charge in [0.2, 0.25) is 11.8 Å². The van der Waals surface area contributed by atoms with Crippen LogP contribution < -0.4 is 4.74 Å². The molecule has 1 heterocycles. The molecule has 1 fully saturated rings. The first-order chi connectivity index (χ1) is 12.9. The summed E-state index contributed by atoms with van der Waals surface area (Å²) in [5, 5.41) is 19.2. The summed E-state index contributed by atoms with van der Waals surface area (Å²) in [6, 6.07) is 5.61. The Balaban J connectivity index is 1.69. The molecule has 0 aromatic heterocycles. The van der Waals surface area contributed by atoms with Crippen molar-refractivity contribution in [1.82, 2.24) is 9.80 Å². The number of hydrogen-bond acceptors (Lipinski definition) is 6. The van der Waals surface area contributed by atoms with Gasteiger partial charge in [-0.1, -0.05) is 0 Å². The van der Waals surface area contributed by atoms with Gasteiger partial charge in [0.25, 0.3) is 5.69 Å². The fraction of sp³-hybridized carbons (Fsp3) is 0.471. The van der Waals surface area contributed by atoms with Crippen LogP contribution in [0.3, 0.4) is 0 Å². The van der Waals surface area contributed by atoms with Crippen molar-refractivity contribution in [3.05, 3.63) is 34.4 Å². The van der Waals surface area contributed by atoms with E-state index < -0.39 is 10.9 Å². The maximum atomic E-state index is 12.2. The van der Waals surface area contributed by atoms with E-state index in [0.29, 0.717) is 31.9 Å². The first kappa shape index (κ1) is 20.1. The number of carboxylic acid groups (broad SMARTS) is 1. The molecule has 0 aliphatic carbocycles. The van der Waals surface area contributed by atoms with E-state index in [1.807, 2.05) is 0 Å². The minimum absolute atomic E-state index is 0.0331. The van der Waals surface area contributed by atoms with E-state index in [1.54, 1.807) is 9.80 Å². The topological polar surface area (TPSA) is 130 Å². The minimum atomic E-state index is -1.01. The highest BCUT2D eigenvalue weighted by molar-refractivity contribution is 5.81. The highest BCUT2D eigenvalue weighted by Crippen LogP contribution is 2.17. The van der Waals surface area contributed by atoms with Gasteiger partial charge in [-0.05, 0) is 12.1 Å². The summed E-state index contributed by atoms with van der Waals surface area (Å²) in [7, 11) is 0. The molecule has 10 heteroatoms. The summed E-state index contributed by atoms with van der Waals surface area (Å²) >= 11 is 0. The largest absolute Gasteiger partial charge is 0.493 e. The van der Waals surface area contributed by atoms with Crippen molar-refractivity contribution in [2.75, 3.05) is 32.8 Å². The number of nitrogens with zero attached hydrogens (tertiary/aromatic N) is 3. The molecule has 1 aromatic carbocycles. The molecule has 2 rings (SSSR count). The van der Waals surface area contributed by atoms with E-state index in [9.17, 15) is 24.5 Å². The second-order valence-corrected chi connectivity index (χ2v) is 6.00. The Labute approximate surface area is 155 Å². The number of non-ortho nitro benzene ring substituents is 1. The Bertz CT molecular complexity index is 697. The van der Waals surface area contributed by atoms with Crippen molar-refractivity contribution in [3.63, 3.8) is 0 Å². The molecular weight excluding hydrogens is 358 g/mol. The van der Waals surface area contributed by atoms with Gasteiger partial charge in [-0.25, -0.2) is 0 Å². The molecule has 1 N–H and O–H groups in total. The summed E-state index contributed by atoms with van der Waals surface area (Å²) in [5.41, 5.74) is -0.0331. The fourth-order valence-electron chi connectivity index (χ4n) is 2.66. The number of aliphatic carboxylic acids is 1. The number of piperazine rings is 1. The van der Waals surface area contributed by atoms with Gasteiger partial charge in [0.1, 0.15) is 5.75 Å². The number of benzene rings is 1. The lowest BCUT2D eigenvalue weighted by Crippen LogP contribution is -2.50. The van der Waals surface area contributed by atoms with E-state index in [4.69, 9.17) is 9.84 Å². The van der Waals surface area contributed by atoms with Gasteiger partial charge >= 0.3 is 5.97 Å². The van der Waals surface area contributed by atoms with Gasteiger partial charge in [0.15, 0.2) is 0 Å². The predicted molar refractivity (Wildman–Crippen MR) is 93.2 cm³/mol. The van der Waals surface area contributed by atoms with Crippen LogP contribution in [0.15, 0.2) is 24.3 Å². The predicted octanol–water partition coefficient (Wildman–Crippen LogP) is 0.899. The number of carbonyl (C=O) groups is 3. The average Bonchev–Trinajstić information content (AvgIpc) is 2.66. The van der Waals surface area contributed by atoms with E-state index in [1.165, 1.54) is 24.3 Å². The lowest BCUT2D eigenvalue weighted by atomic mass is 10.2. The molecule has 10 nitrogen and oxygen atoms in total. The van der Waals surface area contributed by atoms with E-state index >= 15 is 0 Å². The lowest BCUT2D eigenvalue weighted by Gasteiger charge is -2.34. The van der Waals surface area contributed by atoms with E-state index in [0.717, 1.165) is 0 Å². The summed E-state index contributed by atoms with van der Waals surface area (Å²) in [6.45, 7) is 1.71. The molecule has 2 amide bonds. The standard InChI is InChI=1S/C17H21N3O7/c21-15(5-6-17(23)24)18-8-10-19(11-9-18)16(22)7-12-27-14-3-1-13(2-4-14)20(25)26/h1-4H,5-12H2,(H,23,24). The molecular formula is C17H21N3O7. The molecule has 1 aliphatic heterocycles. The number of amides is 2. The number of carbonyl (C=O) groups excluding carboxylic acids is 2. The van der Waals surface area contributed by atoms with E-state index in [-0.39, 0.29) is 43.4 Å². The van der Waals surface area contributed by atoms with Crippen LogP contribution in [0.25, 0.3) is 0 Å². The Morgan fingerprint density at radius 3 is 1.96 bits per heavy atom. The summed E-state index contributed by atoms with van der Waals surface area (Å²) in [6.07, 6.45) is -0.0751. The molecule has 0 unspecified atom stereocenters. The normalized spacial score (nSPS) is 13.9. The van der Waals surface area contributed by atoms with Crippen LogP contribution in [-0.2, 0) is 14.4 Å². The van der Waals surface area contributed by atoms with Crippen LogP contribution in [0.1, 0.15) is 19.3 Å². The molecule has 1 saturated heterocycles. The molecule has 0 saturated carbocycles. The fourth-order valence-corrected chi connectivity index (χ4v) is 2.66. The van der Waals surface area contributed by atoms with Crippen molar-refractivity contribution in [2.24, 2.45) is 0 Å². The number of rotatable bonds is 8. The maximum absolute atomic E-state index is 12.2. The molecule has 0 spiro atoms. The molecule has 1 aliphatic rings. The van der Waals surface area contributed by atoms with Gasteiger partial charge in [0.05, 0.1) is 24.4 Å². The quantitative estimate of drug-likeness (QED) is 0.524. The molecule has 27 heavy (non-hydrogen) atoms. The Hall–Kier alpha value is -3.17. The van der Waals surface area contributed by atoms with Gasteiger partial charge in [0, 0.05) is 44.7 Å². The first-order valence-corrected chi connectivity index (χ1v) is 8.51. The van der Waals surface area contributed by atoms with Crippen LogP contribution in [0.4, 0.5) is 5.69 Å². The van der Waals surface area contributed by atoms with Crippen LogP contribution >= 0.6 is 0 Å². The third-order valence-electron chi connectivity index (χ3n) is 4.17. The van der Waals surface area contributed by atoms with Gasteiger partial charge in [-0.3, -0.25) is 24.5 Å². The van der Waals surface area contributed by atoms with Crippen molar-refractivity contribution in [1.29, 1.82) is 0 Å². The number of nitro benzene ring substituents is 1. The number of carboxylic acids is 1. The summed E-state index contributed by atoms with van der Waals surface area (Å²) in [4.78, 5) is 47.9. The average molecular weight is 379 g/mol. The lowest BCUT2D eigenvalue weighted by molar-refractivity contribution is -0.384. The van der Waals surface area contributed by atoms with Crippen LogP contribution in [-0.4, -0.2) is 70.4 Å². The third-order valence-corrected chi connectivity index (χ3v) is 4.17. The SMILES string of the molecule is O=C(O)CCC(=O)N1CCN(C(=O)CCOc2ccc([N+](=O)[O-])cc2)CC1. The van der Waals surface area contributed by atoms with Crippen LogP contribution in [0.5, 0.6) is 5.75 Å². The van der Waals surface area contributed by atoms with Gasteiger partial charge < -0.3 is 19.6 Å². The van der Waals surface area contributed by atoms with Crippen LogP contribution in [0, 0.1) is 10.1 Å². The second kappa shape index (κ2) is 9.51. The Morgan fingerprint density at radius 1 is 0.963 bits per heavy atom. The zero-order valence-corrected chi connectivity index (χ0v) is 14.7. The van der Waals surface area contributed by atoms with Gasteiger partial charge in [-0.15, -0.1) is 0 Å². The van der Waals surface area contributed by atoms with Gasteiger partial charge in [-0.2, -0.15) is 0 Å².